The molecular formula is C18H21N3O2S. The van der Waals surface area contributed by atoms with E-state index in [1.54, 1.807) is 11.3 Å². The standard InChI is InChI=1S/C18H21N3O2S/c1-13-19-11-15(24-13)12-20-6-8-21(9-7-20)18(22)17-10-14-4-2-3-5-16(14)23-17/h2-5,11,17H,6-10,12H2,1H3/t17-/m1/s1. The first-order valence-electron chi connectivity index (χ1n) is 8.36. The van der Waals surface area contributed by atoms with E-state index in [9.17, 15) is 4.79 Å². The lowest BCUT2D eigenvalue weighted by Gasteiger charge is -2.35. The maximum Gasteiger partial charge on any atom is 0.264 e. The Labute approximate surface area is 145 Å². The molecule has 1 aromatic carbocycles. The Balaban J connectivity index is 1.31. The Bertz CT molecular complexity index is 712. The van der Waals surface area contributed by atoms with Crippen LogP contribution in [0, 0.1) is 6.92 Å². The van der Waals surface area contributed by atoms with Crippen LogP contribution in [0.5, 0.6) is 5.75 Å². The molecule has 4 rings (SSSR count). The molecule has 1 fully saturated rings. The number of aromatic nitrogens is 1. The first-order chi connectivity index (χ1) is 11.7. The number of thiazole rings is 1. The van der Waals surface area contributed by atoms with E-state index in [-0.39, 0.29) is 12.0 Å². The van der Waals surface area contributed by atoms with E-state index < -0.39 is 0 Å². The van der Waals surface area contributed by atoms with Gasteiger partial charge in [0.25, 0.3) is 5.91 Å². The molecule has 24 heavy (non-hydrogen) atoms. The number of piperazine rings is 1. The maximum absolute atomic E-state index is 12.7. The van der Waals surface area contributed by atoms with Crippen molar-refractivity contribution in [3.05, 3.63) is 45.9 Å². The van der Waals surface area contributed by atoms with Gasteiger partial charge in [-0.3, -0.25) is 9.69 Å². The molecule has 2 aliphatic rings. The van der Waals surface area contributed by atoms with Crippen LogP contribution in [0.25, 0.3) is 0 Å². The van der Waals surface area contributed by atoms with Gasteiger partial charge in [-0.2, -0.15) is 0 Å². The monoisotopic (exact) mass is 343 g/mol. The first-order valence-corrected chi connectivity index (χ1v) is 9.18. The van der Waals surface area contributed by atoms with E-state index in [1.807, 2.05) is 42.3 Å². The van der Waals surface area contributed by atoms with Crippen molar-refractivity contribution in [3.8, 4) is 5.75 Å². The molecule has 2 aliphatic heterocycles. The van der Waals surface area contributed by atoms with Gasteiger partial charge in [0.05, 0.1) is 5.01 Å². The molecule has 126 valence electrons. The molecule has 3 heterocycles. The zero-order chi connectivity index (χ0) is 16.5. The van der Waals surface area contributed by atoms with Crippen molar-refractivity contribution in [2.75, 3.05) is 26.2 Å². The molecule has 0 saturated carbocycles. The van der Waals surface area contributed by atoms with Crippen molar-refractivity contribution in [2.45, 2.75) is 26.0 Å². The number of aryl methyl sites for hydroxylation is 1. The van der Waals surface area contributed by atoms with Gasteiger partial charge in [0.2, 0.25) is 0 Å². The van der Waals surface area contributed by atoms with E-state index in [0.29, 0.717) is 6.42 Å². The van der Waals surface area contributed by atoms with Gasteiger partial charge >= 0.3 is 0 Å². The van der Waals surface area contributed by atoms with Crippen LogP contribution in [0.1, 0.15) is 15.4 Å². The Morgan fingerprint density at radius 2 is 2.08 bits per heavy atom. The van der Waals surface area contributed by atoms with Crippen LogP contribution >= 0.6 is 11.3 Å². The minimum atomic E-state index is -0.349. The molecule has 6 heteroatoms. The van der Waals surface area contributed by atoms with Crippen molar-refractivity contribution >= 4 is 17.2 Å². The largest absolute Gasteiger partial charge is 0.480 e. The second-order valence-corrected chi connectivity index (χ2v) is 7.68. The van der Waals surface area contributed by atoms with Gasteiger partial charge < -0.3 is 9.64 Å². The molecule has 0 N–H and O–H groups in total. The number of carbonyl (C=O) groups excluding carboxylic acids is 1. The molecule has 2 aromatic rings. The predicted molar refractivity (Wildman–Crippen MR) is 93.3 cm³/mol. The molecule has 1 atom stereocenters. The summed E-state index contributed by atoms with van der Waals surface area (Å²) >= 11 is 1.75. The fourth-order valence-electron chi connectivity index (χ4n) is 3.35. The van der Waals surface area contributed by atoms with Gasteiger partial charge in [-0.1, -0.05) is 18.2 Å². The van der Waals surface area contributed by atoms with Crippen molar-refractivity contribution < 1.29 is 9.53 Å². The highest BCUT2D eigenvalue weighted by molar-refractivity contribution is 7.11. The highest BCUT2D eigenvalue weighted by atomic mass is 32.1. The van der Waals surface area contributed by atoms with Gasteiger partial charge in [0.15, 0.2) is 6.10 Å². The molecule has 1 aromatic heterocycles. The van der Waals surface area contributed by atoms with Crippen molar-refractivity contribution in [1.82, 2.24) is 14.8 Å². The third-order valence-electron chi connectivity index (χ3n) is 4.66. The van der Waals surface area contributed by atoms with Crippen LogP contribution in [0.15, 0.2) is 30.5 Å². The Morgan fingerprint density at radius 1 is 1.29 bits per heavy atom. The molecule has 0 bridgehead atoms. The Hall–Kier alpha value is -1.92. The summed E-state index contributed by atoms with van der Waals surface area (Å²) in [6.45, 7) is 6.31. The number of fused-ring (bicyclic) bond motifs is 1. The van der Waals surface area contributed by atoms with Crippen LogP contribution in [-0.2, 0) is 17.8 Å². The zero-order valence-electron chi connectivity index (χ0n) is 13.8. The van der Waals surface area contributed by atoms with Crippen LogP contribution in [0.3, 0.4) is 0 Å². The highest BCUT2D eigenvalue weighted by Gasteiger charge is 2.33. The van der Waals surface area contributed by atoms with E-state index in [4.69, 9.17) is 4.74 Å². The summed E-state index contributed by atoms with van der Waals surface area (Å²) in [4.78, 5) is 22.7. The molecule has 0 unspecified atom stereocenters. The lowest BCUT2D eigenvalue weighted by Crippen LogP contribution is -2.51. The number of rotatable bonds is 3. The van der Waals surface area contributed by atoms with Crippen molar-refractivity contribution in [3.63, 3.8) is 0 Å². The molecule has 0 spiro atoms. The highest BCUT2D eigenvalue weighted by Crippen LogP contribution is 2.29. The number of hydrogen-bond acceptors (Lipinski definition) is 5. The smallest absolute Gasteiger partial charge is 0.264 e. The SMILES string of the molecule is Cc1ncc(CN2CCN(C(=O)[C@H]3Cc4ccccc4O3)CC2)s1. The van der Waals surface area contributed by atoms with E-state index in [2.05, 4.69) is 9.88 Å². The lowest BCUT2D eigenvalue weighted by atomic mass is 10.1. The Kier molecular flexibility index (Phi) is 4.24. The summed E-state index contributed by atoms with van der Waals surface area (Å²) in [5.74, 6) is 0.981. The number of ether oxygens (including phenoxy) is 1. The topological polar surface area (TPSA) is 45.7 Å². The summed E-state index contributed by atoms with van der Waals surface area (Å²) in [5.41, 5.74) is 1.13. The van der Waals surface area contributed by atoms with Gasteiger partial charge in [-0.05, 0) is 18.6 Å². The maximum atomic E-state index is 12.7. The Morgan fingerprint density at radius 3 is 2.79 bits per heavy atom. The summed E-state index contributed by atoms with van der Waals surface area (Å²) in [6.07, 6.45) is 2.30. The number of amides is 1. The third-order valence-corrected chi connectivity index (χ3v) is 5.55. The molecule has 1 amide bonds. The normalized spacial score (nSPS) is 20.7. The van der Waals surface area contributed by atoms with Gasteiger partial charge in [0.1, 0.15) is 5.75 Å². The summed E-state index contributed by atoms with van der Waals surface area (Å²) in [7, 11) is 0. The van der Waals surface area contributed by atoms with E-state index in [0.717, 1.165) is 49.0 Å². The average molecular weight is 343 g/mol. The molecule has 5 nitrogen and oxygen atoms in total. The second-order valence-electron chi connectivity index (χ2n) is 6.37. The van der Waals surface area contributed by atoms with Crippen molar-refractivity contribution in [2.24, 2.45) is 0 Å². The summed E-state index contributed by atoms with van der Waals surface area (Å²) < 4.78 is 5.84. The fourth-order valence-corrected chi connectivity index (χ4v) is 4.19. The zero-order valence-corrected chi connectivity index (χ0v) is 14.6. The average Bonchev–Trinajstić information content (AvgIpc) is 3.21. The molecule has 0 aliphatic carbocycles. The molecular weight excluding hydrogens is 322 g/mol. The van der Waals surface area contributed by atoms with Gasteiger partial charge in [0, 0.05) is 50.2 Å². The third kappa shape index (κ3) is 3.16. The molecule has 1 saturated heterocycles. The van der Waals surface area contributed by atoms with Gasteiger partial charge in [-0.25, -0.2) is 4.98 Å². The minimum Gasteiger partial charge on any atom is -0.480 e. The second kappa shape index (κ2) is 6.53. The van der Waals surface area contributed by atoms with Crippen LogP contribution in [0.2, 0.25) is 0 Å². The number of hydrogen-bond donors (Lipinski definition) is 0. The van der Waals surface area contributed by atoms with E-state index >= 15 is 0 Å². The van der Waals surface area contributed by atoms with Crippen LogP contribution in [-0.4, -0.2) is 53.0 Å². The number of carbonyl (C=O) groups is 1. The number of para-hydroxylation sites is 1. The number of benzene rings is 1. The first kappa shape index (κ1) is 15.6. The molecule has 0 radical (unpaired) electrons. The fraction of sp³-hybridized carbons (Fsp3) is 0.444. The predicted octanol–water partition coefficient (Wildman–Crippen LogP) is 2.10. The number of nitrogens with zero attached hydrogens (tertiary/aromatic N) is 3. The minimum absolute atomic E-state index is 0.125. The van der Waals surface area contributed by atoms with Gasteiger partial charge in [-0.15, -0.1) is 11.3 Å². The van der Waals surface area contributed by atoms with Crippen LogP contribution < -0.4 is 4.74 Å². The van der Waals surface area contributed by atoms with Crippen LogP contribution in [0.4, 0.5) is 0 Å². The lowest BCUT2D eigenvalue weighted by molar-refractivity contribution is -0.139. The van der Waals surface area contributed by atoms with Crippen molar-refractivity contribution in [1.29, 1.82) is 0 Å². The summed E-state index contributed by atoms with van der Waals surface area (Å²) in [5, 5.41) is 1.11. The quantitative estimate of drug-likeness (QED) is 0.856. The van der Waals surface area contributed by atoms with E-state index in [1.165, 1.54) is 4.88 Å². The summed E-state index contributed by atoms with van der Waals surface area (Å²) in [6, 6.07) is 7.93.